The molecule has 2 aromatic rings. The zero-order valence-corrected chi connectivity index (χ0v) is 9.90. The molecule has 88 valence electrons. The van der Waals surface area contributed by atoms with Crippen LogP contribution in [0.1, 0.15) is 24.1 Å². The second kappa shape index (κ2) is 4.51. The molecular formula is C13H15N3O. The Morgan fingerprint density at radius 3 is 2.53 bits per heavy atom. The third-order valence-corrected chi connectivity index (χ3v) is 2.67. The highest BCUT2D eigenvalue weighted by Crippen LogP contribution is 2.18. The summed E-state index contributed by atoms with van der Waals surface area (Å²) in [6.07, 6.45) is 0. The molecule has 17 heavy (non-hydrogen) atoms. The maximum absolute atomic E-state index is 11.5. The Morgan fingerprint density at radius 1 is 1.29 bits per heavy atom. The highest BCUT2D eigenvalue weighted by molar-refractivity contribution is 5.59. The maximum Gasteiger partial charge on any atom is 0.268 e. The quantitative estimate of drug-likeness (QED) is 0.824. The van der Waals surface area contributed by atoms with Crippen LogP contribution in [-0.4, -0.2) is 10.2 Å². The lowest BCUT2D eigenvalue weighted by Crippen LogP contribution is -2.20. The number of aromatic nitrogens is 2. The number of hydrogen-bond donors (Lipinski definition) is 2. The molecule has 1 unspecified atom stereocenters. The van der Waals surface area contributed by atoms with E-state index in [0.29, 0.717) is 5.56 Å². The molecule has 1 atom stereocenters. The van der Waals surface area contributed by atoms with E-state index < -0.39 is 0 Å². The SMILES string of the molecule is Cc1ccc(-c2cc(C(C)N)c(=O)[nH]n2)cc1. The molecule has 0 saturated carbocycles. The molecular weight excluding hydrogens is 214 g/mol. The van der Waals surface area contributed by atoms with Crippen molar-refractivity contribution in [2.75, 3.05) is 0 Å². The number of nitrogens with two attached hydrogens (primary N) is 1. The van der Waals surface area contributed by atoms with Gasteiger partial charge in [0.1, 0.15) is 0 Å². The lowest BCUT2D eigenvalue weighted by Gasteiger charge is -2.06. The van der Waals surface area contributed by atoms with Crippen LogP contribution >= 0.6 is 0 Å². The number of nitrogens with zero attached hydrogens (tertiary/aromatic N) is 1. The third-order valence-electron chi connectivity index (χ3n) is 2.67. The van der Waals surface area contributed by atoms with Crippen molar-refractivity contribution in [1.29, 1.82) is 0 Å². The molecule has 0 saturated heterocycles. The van der Waals surface area contributed by atoms with E-state index in [-0.39, 0.29) is 11.6 Å². The van der Waals surface area contributed by atoms with E-state index >= 15 is 0 Å². The van der Waals surface area contributed by atoms with Crippen LogP contribution in [0.2, 0.25) is 0 Å². The minimum atomic E-state index is -0.300. The Bertz CT molecular complexity index is 570. The number of benzene rings is 1. The second-order valence-electron chi connectivity index (χ2n) is 4.19. The predicted molar refractivity (Wildman–Crippen MR) is 67.6 cm³/mol. The fourth-order valence-corrected chi connectivity index (χ4v) is 1.63. The zero-order chi connectivity index (χ0) is 12.4. The van der Waals surface area contributed by atoms with Gasteiger partial charge in [0.25, 0.3) is 5.56 Å². The predicted octanol–water partition coefficient (Wildman–Crippen LogP) is 1.77. The van der Waals surface area contributed by atoms with Crippen molar-refractivity contribution in [3.05, 3.63) is 51.8 Å². The van der Waals surface area contributed by atoms with Gasteiger partial charge in [0.15, 0.2) is 0 Å². The van der Waals surface area contributed by atoms with Crippen LogP contribution in [0.5, 0.6) is 0 Å². The molecule has 2 rings (SSSR count). The first-order valence-corrected chi connectivity index (χ1v) is 5.50. The van der Waals surface area contributed by atoms with E-state index in [9.17, 15) is 4.79 Å². The summed E-state index contributed by atoms with van der Waals surface area (Å²) in [6.45, 7) is 3.81. The van der Waals surface area contributed by atoms with Gasteiger partial charge in [0.2, 0.25) is 0 Å². The molecule has 1 heterocycles. The second-order valence-corrected chi connectivity index (χ2v) is 4.19. The standard InChI is InChI=1S/C13H15N3O/c1-8-3-5-10(6-4-8)12-7-11(9(2)14)13(17)16-15-12/h3-7,9H,14H2,1-2H3,(H,16,17). The van der Waals surface area contributed by atoms with Crippen LogP contribution < -0.4 is 11.3 Å². The van der Waals surface area contributed by atoms with Crippen LogP contribution in [0.3, 0.4) is 0 Å². The Balaban J connectivity index is 2.50. The summed E-state index contributed by atoms with van der Waals surface area (Å²) in [5.74, 6) is 0. The first kappa shape index (κ1) is 11.5. The highest BCUT2D eigenvalue weighted by atomic mass is 16.1. The summed E-state index contributed by atoms with van der Waals surface area (Å²) < 4.78 is 0. The van der Waals surface area contributed by atoms with Gasteiger partial charge in [-0.3, -0.25) is 4.79 Å². The fraction of sp³-hybridized carbons (Fsp3) is 0.231. The smallest absolute Gasteiger partial charge is 0.268 e. The lowest BCUT2D eigenvalue weighted by atomic mass is 10.1. The average molecular weight is 229 g/mol. The van der Waals surface area contributed by atoms with E-state index in [4.69, 9.17) is 5.73 Å². The summed E-state index contributed by atoms with van der Waals surface area (Å²) in [4.78, 5) is 11.5. The lowest BCUT2D eigenvalue weighted by molar-refractivity contribution is 0.785. The van der Waals surface area contributed by atoms with E-state index in [1.807, 2.05) is 31.2 Å². The Morgan fingerprint density at radius 2 is 1.94 bits per heavy atom. The summed E-state index contributed by atoms with van der Waals surface area (Å²) in [6, 6.07) is 9.41. The number of nitrogens with one attached hydrogen (secondary N) is 1. The summed E-state index contributed by atoms with van der Waals surface area (Å²) >= 11 is 0. The van der Waals surface area contributed by atoms with Crippen LogP contribution in [0.15, 0.2) is 35.1 Å². The third kappa shape index (κ3) is 2.42. The average Bonchev–Trinajstić information content (AvgIpc) is 2.30. The monoisotopic (exact) mass is 229 g/mol. The normalized spacial score (nSPS) is 12.4. The van der Waals surface area contributed by atoms with E-state index in [2.05, 4.69) is 10.2 Å². The number of rotatable bonds is 2. The van der Waals surface area contributed by atoms with Crippen LogP contribution in [-0.2, 0) is 0 Å². The number of H-pyrrole nitrogens is 1. The fourth-order valence-electron chi connectivity index (χ4n) is 1.63. The van der Waals surface area contributed by atoms with E-state index in [1.165, 1.54) is 5.56 Å². The summed E-state index contributed by atoms with van der Waals surface area (Å²) in [5.41, 5.74) is 8.95. The van der Waals surface area contributed by atoms with Gasteiger partial charge >= 0.3 is 0 Å². The van der Waals surface area contributed by atoms with Gasteiger partial charge in [-0.1, -0.05) is 29.8 Å². The molecule has 3 N–H and O–H groups in total. The van der Waals surface area contributed by atoms with Crippen molar-refractivity contribution in [2.45, 2.75) is 19.9 Å². The van der Waals surface area contributed by atoms with Crippen molar-refractivity contribution in [3.63, 3.8) is 0 Å². The van der Waals surface area contributed by atoms with Crippen LogP contribution in [0.4, 0.5) is 0 Å². The Hall–Kier alpha value is -1.94. The largest absolute Gasteiger partial charge is 0.324 e. The van der Waals surface area contributed by atoms with Gasteiger partial charge in [-0.2, -0.15) is 5.10 Å². The molecule has 0 aliphatic carbocycles. The van der Waals surface area contributed by atoms with Gasteiger partial charge in [-0.05, 0) is 19.9 Å². The molecule has 4 nitrogen and oxygen atoms in total. The molecule has 1 aromatic heterocycles. The first-order valence-electron chi connectivity index (χ1n) is 5.50. The maximum atomic E-state index is 11.5. The van der Waals surface area contributed by atoms with Crippen molar-refractivity contribution < 1.29 is 0 Å². The Labute approximate surface area is 99.5 Å². The number of aromatic amines is 1. The van der Waals surface area contributed by atoms with Gasteiger partial charge in [-0.25, -0.2) is 5.10 Å². The topological polar surface area (TPSA) is 71.8 Å². The highest BCUT2D eigenvalue weighted by Gasteiger charge is 2.08. The first-order chi connectivity index (χ1) is 8.08. The van der Waals surface area contributed by atoms with E-state index in [1.54, 1.807) is 13.0 Å². The molecule has 0 spiro atoms. The van der Waals surface area contributed by atoms with Gasteiger partial charge in [0, 0.05) is 17.2 Å². The summed E-state index contributed by atoms with van der Waals surface area (Å²) in [5, 5.41) is 6.51. The van der Waals surface area contributed by atoms with Crippen molar-refractivity contribution in [2.24, 2.45) is 5.73 Å². The molecule has 1 aromatic carbocycles. The van der Waals surface area contributed by atoms with Gasteiger partial charge in [0.05, 0.1) is 5.69 Å². The molecule has 0 radical (unpaired) electrons. The molecule has 0 amide bonds. The summed E-state index contributed by atoms with van der Waals surface area (Å²) in [7, 11) is 0. The van der Waals surface area contributed by atoms with Crippen molar-refractivity contribution in [3.8, 4) is 11.3 Å². The number of aryl methyl sites for hydroxylation is 1. The van der Waals surface area contributed by atoms with Crippen LogP contribution in [0.25, 0.3) is 11.3 Å². The minimum Gasteiger partial charge on any atom is -0.324 e. The minimum absolute atomic E-state index is 0.226. The Kier molecular flexibility index (Phi) is 3.06. The van der Waals surface area contributed by atoms with Gasteiger partial charge < -0.3 is 5.73 Å². The number of hydrogen-bond acceptors (Lipinski definition) is 3. The van der Waals surface area contributed by atoms with Crippen LogP contribution in [0, 0.1) is 6.92 Å². The zero-order valence-electron chi connectivity index (χ0n) is 9.90. The van der Waals surface area contributed by atoms with Crippen molar-refractivity contribution in [1.82, 2.24) is 10.2 Å². The molecule has 0 aliphatic heterocycles. The molecule has 0 aliphatic rings. The molecule has 0 fully saturated rings. The van der Waals surface area contributed by atoms with E-state index in [0.717, 1.165) is 11.3 Å². The van der Waals surface area contributed by atoms with Crippen molar-refractivity contribution >= 4 is 0 Å². The van der Waals surface area contributed by atoms with Gasteiger partial charge in [-0.15, -0.1) is 0 Å². The molecule has 0 bridgehead atoms. The molecule has 4 heteroatoms.